The molecule has 7 heteroatoms. The van der Waals surface area contributed by atoms with Crippen LogP contribution in [0.4, 0.5) is 0 Å². The molecule has 2 aromatic rings. The molecule has 0 radical (unpaired) electrons. The molecule has 1 saturated heterocycles. The third-order valence-corrected chi connectivity index (χ3v) is 7.70. The number of quaternary nitrogens is 1. The van der Waals surface area contributed by atoms with Gasteiger partial charge in [0.25, 0.3) is 0 Å². The molecule has 2 aromatic carbocycles. The zero-order valence-electron chi connectivity index (χ0n) is 18.3. The molecule has 0 unspecified atom stereocenters. The average Bonchev–Trinajstić information content (AvgIpc) is 2.70. The topological polar surface area (TPSA) is 62.1 Å². The normalized spacial score (nSPS) is 15.6. The summed E-state index contributed by atoms with van der Waals surface area (Å²) in [6.07, 6.45) is 0. The SMILES string of the molecule is Cc1cccc(C[NH+]2CCN(C(=O)CN(C)S(=O)(=O)c3cc(C)ccc3C)CC2)c1. The lowest BCUT2D eigenvalue weighted by molar-refractivity contribution is -0.917. The summed E-state index contributed by atoms with van der Waals surface area (Å²) in [5.74, 6) is -0.138. The number of benzene rings is 2. The first-order valence-electron chi connectivity index (χ1n) is 10.4. The van der Waals surface area contributed by atoms with Crippen molar-refractivity contribution < 1.29 is 18.1 Å². The summed E-state index contributed by atoms with van der Waals surface area (Å²) in [5, 5.41) is 0. The van der Waals surface area contributed by atoms with E-state index >= 15 is 0 Å². The van der Waals surface area contributed by atoms with E-state index in [0.717, 1.165) is 25.2 Å². The highest BCUT2D eigenvalue weighted by molar-refractivity contribution is 7.89. The molecule has 0 saturated carbocycles. The zero-order valence-corrected chi connectivity index (χ0v) is 19.1. The third kappa shape index (κ3) is 5.28. The molecule has 1 N–H and O–H groups in total. The predicted octanol–water partition coefficient (Wildman–Crippen LogP) is 1.16. The number of likely N-dealkylation sites (N-methyl/N-ethyl adjacent to an activating group) is 1. The van der Waals surface area contributed by atoms with Crippen LogP contribution >= 0.6 is 0 Å². The minimum absolute atomic E-state index is 0.136. The molecule has 1 aliphatic heterocycles. The lowest BCUT2D eigenvalue weighted by Gasteiger charge is -2.33. The number of rotatable bonds is 6. The standard InChI is InChI=1S/C23H31N3O3S/c1-18-6-5-7-21(14-18)16-25-10-12-26(13-11-25)23(27)17-24(4)30(28,29)22-15-19(2)8-9-20(22)3/h5-9,14-15H,10-13,16-17H2,1-4H3/p+1. The Labute approximate surface area is 180 Å². The molecule has 0 spiro atoms. The van der Waals surface area contributed by atoms with Crippen LogP contribution in [0.2, 0.25) is 0 Å². The maximum absolute atomic E-state index is 13.0. The number of hydrogen-bond acceptors (Lipinski definition) is 3. The molecule has 1 fully saturated rings. The van der Waals surface area contributed by atoms with Crippen molar-refractivity contribution in [1.29, 1.82) is 0 Å². The molecule has 30 heavy (non-hydrogen) atoms. The minimum atomic E-state index is -3.70. The van der Waals surface area contributed by atoms with E-state index in [4.69, 9.17) is 0 Å². The number of hydrogen-bond donors (Lipinski definition) is 1. The molecule has 3 rings (SSSR count). The highest BCUT2D eigenvalue weighted by Crippen LogP contribution is 2.20. The van der Waals surface area contributed by atoms with Crippen LogP contribution in [-0.2, 0) is 21.4 Å². The number of carbonyl (C=O) groups excluding carboxylic acids is 1. The van der Waals surface area contributed by atoms with E-state index in [1.165, 1.54) is 27.4 Å². The number of sulfonamides is 1. The van der Waals surface area contributed by atoms with Crippen molar-refractivity contribution in [3.8, 4) is 0 Å². The number of carbonyl (C=O) groups is 1. The molecule has 6 nitrogen and oxygen atoms in total. The first kappa shape index (κ1) is 22.5. The lowest BCUT2D eigenvalue weighted by atomic mass is 10.1. The minimum Gasteiger partial charge on any atom is -0.330 e. The van der Waals surface area contributed by atoms with Gasteiger partial charge in [0.15, 0.2) is 0 Å². The molecule has 1 amide bonds. The largest absolute Gasteiger partial charge is 0.330 e. The molecule has 1 heterocycles. The molecule has 0 atom stereocenters. The molecular formula is C23H32N3O3S+. The van der Waals surface area contributed by atoms with Gasteiger partial charge in [-0.05, 0) is 38.0 Å². The monoisotopic (exact) mass is 430 g/mol. The molecule has 0 aliphatic carbocycles. The van der Waals surface area contributed by atoms with Crippen molar-refractivity contribution in [3.05, 3.63) is 64.7 Å². The molecule has 0 aromatic heterocycles. The number of aryl methyl sites for hydroxylation is 3. The van der Waals surface area contributed by atoms with Gasteiger partial charge in [-0.25, -0.2) is 8.42 Å². The highest BCUT2D eigenvalue weighted by Gasteiger charge is 2.29. The van der Waals surface area contributed by atoms with E-state index in [2.05, 4.69) is 31.2 Å². The first-order chi connectivity index (χ1) is 14.2. The second kappa shape index (κ2) is 9.29. The summed E-state index contributed by atoms with van der Waals surface area (Å²) >= 11 is 0. The zero-order chi connectivity index (χ0) is 21.9. The van der Waals surface area contributed by atoms with Crippen molar-refractivity contribution in [2.24, 2.45) is 0 Å². The quantitative estimate of drug-likeness (QED) is 0.748. The predicted molar refractivity (Wildman–Crippen MR) is 118 cm³/mol. The lowest BCUT2D eigenvalue weighted by Crippen LogP contribution is -3.13. The van der Waals surface area contributed by atoms with E-state index in [0.29, 0.717) is 18.7 Å². The number of piperazine rings is 1. The van der Waals surface area contributed by atoms with Crippen LogP contribution in [0.3, 0.4) is 0 Å². The van der Waals surface area contributed by atoms with Crippen LogP contribution in [0.1, 0.15) is 22.3 Å². The number of nitrogens with zero attached hydrogens (tertiary/aromatic N) is 2. The van der Waals surface area contributed by atoms with E-state index in [1.807, 2.05) is 13.0 Å². The smallest absolute Gasteiger partial charge is 0.243 e. The summed E-state index contributed by atoms with van der Waals surface area (Å²) in [6.45, 7) is 9.58. The van der Waals surface area contributed by atoms with Crippen molar-refractivity contribution in [1.82, 2.24) is 9.21 Å². The summed E-state index contributed by atoms with van der Waals surface area (Å²) in [5.41, 5.74) is 4.14. The van der Waals surface area contributed by atoms with Gasteiger partial charge in [0.05, 0.1) is 37.6 Å². The van der Waals surface area contributed by atoms with Gasteiger partial charge < -0.3 is 9.80 Å². The van der Waals surface area contributed by atoms with Gasteiger partial charge in [0.2, 0.25) is 15.9 Å². The van der Waals surface area contributed by atoms with Crippen LogP contribution in [0, 0.1) is 20.8 Å². The summed E-state index contributed by atoms with van der Waals surface area (Å²) in [4.78, 5) is 16.3. The molecule has 0 bridgehead atoms. The van der Waals surface area contributed by atoms with Crippen molar-refractivity contribution >= 4 is 15.9 Å². The van der Waals surface area contributed by atoms with E-state index in [-0.39, 0.29) is 17.3 Å². The fraction of sp³-hybridized carbons (Fsp3) is 0.435. The maximum Gasteiger partial charge on any atom is 0.243 e. The molecular weight excluding hydrogens is 398 g/mol. The van der Waals surface area contributed by atoms with Crippen molar-refractivity contribution in [3.63, 3.8) is 0 Å². The van der Waals surface area contributed by atoms with Crippen LogP contribution in [0.15, 0.2) is 47.4 Å². The maximum atomic E-state index is 13.0. The van der Waals surface area contributed by atoms with Crippen LogP contribution < -0.4 is 4.90 Å². The first-order valence-corrected chi connectivity index (χ1v) is 11.8. The number of nitrogens with one attached hydrogen (secondary N) is 1. The Hall–Kier alpha value is -2.22. The Morgan fingerprint density at radius 2 is 1.70 bits per heavy atom. The highest BCUT2D eigenvalue weighted by atomic mass is 32.2. The van der Waals surface area contributed by atoms with Gasteiger partial charge in [0.1, 0.15) is 6.54 Å². The molecule has 1 aliphatic rings. The Morgan fingerprint density at radius 3 is 2.37 bits per heavy atom. The summed E-state index contributed by atoms with van der Waals surface area (Å²) in [6, 6.07) is 13.9. The average molecular weight is 431 g/mol. The Morgan fingerprint density at radius 1 is 1.03 bits per heavy atom. The van der Waals surface area contributed by atoms with Gasteiger partial charge in [-0.3, -0.25) is 4.79 Å². The van der Waals surface area contributed by atoms with Crippen molar-refractivity contribution in [2.75, 3.05) is 39.8 Å². The van der Waals surface area contributed by atoms with Crippen molar-refractivity contribution in [2.45, 2.75) is 32.2 Å². The third-order valence-electron chi connectivity index (χ3n) is 5.75. The van der Waals surface area contributed by atoms with E-state index < -0.39 is 10.0 Å². The van der Waals surface area contributed by atoms with Crippen LogP contribution in [-0.4, -0.2) is 63.3 Å². The summed E-state index contributed by atoms with van der Waals surface area (Å²) in [7, 11) is -2.22. The Kier molecular flexibility index (Phi) is 6.95. The van der Waals surface area contributed by atoms with Gasteiger partial charge in [-0.2, -0.15) is 4.31 Å². The summed E-state index contributed by atoms with van der Waals surface area (Å²) < 4.78 is 27.1. The Balaban J connectivity index is 1.57. The van der Waals surface area contributed by atoms with Gasteiger partial charge in [-0.15, -0.1) is 0 Å². The van der Waals surface area contributed by atoms with Crippen LogP contribution in [0.25, 0.3) is 0 Å². The molecule has 162 valence electrons. The van der Waals surface area contributed by atoms with E-state index in [1.54, 1.807) is 24.0 Å². The second-order valence-corrected chi connectivity index (χ2v) is 10.3. The Bertz CT molecular complexity index is 1010. The fourth-order valence-electron chi connectivity index (χ4n) is 3.89. The van der Waals surface area contributed by atoms with E-state index in [9.17, 15) is 13.2 Å². The van der Waals surface area contributed by atoms with Gasteiger partial charge in [-0.1, -0.05) is 42.0 Å². The second-order valence-electron chi connectivity index (χ2n) is 8.33. The fourth-order valence-corrected chi connectivity index (χ4v) is 5.31. The van der Waals surface area contributed by atoms with Gasteiger partial charge >= 0.3 is 0 Å². The number of amides is 1. The van der Waals surface area contributed by atoms with Crippen LogP contribution in [0.5, 0.6) is 0 Å². The van der Waals surface area contributed by atoms with Gasteiger partial charge in [0, 0.05) is 12.6 Å².